The van der Waals surface area contributed by atoms with E-state index in [4.69, 9.17) is 0 Å². The lowest BCUT2D eigenvalue weighted by molar-refractivity contribution is 0.795. The lowest BCUT2D eigenvalue weighted by Crippen LogP contribution is -2.26. The Balaban J connectivity index is 1.46. The molecule has 0 bridgehead atoms. The number of nitrogens with one attached hydrogen (secondary N) is 1. The second kappa shape index (κ2) is 8.88. The molecule has 3 heterocycles. The number of anilines is 1. The van der Waals surface area contributed by atoms with Crippen LogP contribution in [0.15, 0.2) is 66.9 Å². The number of aromatic amines is 1. The molecule has 5 aromatic rings. The first-order valence-corrected chi connectivity index (χ1v) is 10.6. The first-order chi connectivity index (χ1) is 16.3. The van der Waals surface area contributed by atoms with Gasteiger partial charge in [0.05, 0.1) is 12.3 Å². The molecule has 9 nitrogen and oxygen atoms in total. The maximum atomic E-state index is 9.48. The van der Waals surface area contributed by atoms with Crippen molar-refractivity contribution < 1.29 is 0 Å². The average molecular weight is 435 g/mol. The van der Waals surface area contributed by atoms with Crippen molar-refractivity contribution >= 4 is 11.5 Å². The maximum Gasteiger partial charge on any atom is 0.205 e. The fourth-order valence-electron chi connectivity index (χ4n) is 3.87. The standard InChI is InChI=1S/C24H21N9/c1-2-19-15-23(33-22(27-19)11-13-26-33)32(14-12-25)16-17-7-9-18(10-8-17)20-5-3-4-6-21(20)24-28-30-31-29-24/h3-11,13,15H,2,14,16H2,1H3,(H,28,29,30,31). The molecule has 0 saturated heterocycles. The van der Waals surface area contributed by atoms with Crippen molar-refractivity contribution in [1.82, 2.24) is 35.2 Å². The van der Waals surface area contributed by atoms with Gasteiger partial charge in [0.2, 0.25) is 5.82 Å². The van der Waals surface area contributed by atoms with Crippen molar-refractivity contribution in [1.29, 1.82) is 5.26 Å². The molecule has 162 valence electrons. The molecule has 1 N–H and O–H groups in total. The van der Waals surface area contributed by atoms with E-state index in [2.05, 4.69) is 68.0 Å². The van der Waals surface area contributed by atoms with Gasteiger partial charge in [0, 0.05) is 29.9 Å². The summed E-state index contributed by atoms with van der Waals surface area (Å²) in [6.07, 6.45) is 2.54. The topological polar surface area (TPSA) is 112 Å². The summed E-state index contributed by atoms with van der Waals surface area (Å²) in [5.74, 6) is 1.41. The van der Waals surface area contributed by atoms with E-state index in [0.29, 0.717) is 12.4 Å². The molecule has 0 radical (unpaired) electrons. The van der Waals surface area contributed by atoms with E-state index in [1.54, 1.807) is 10.7 Å². The minimum absolute atomic E-state index is 0.241. The fraction of sp³-hybridized carbons (Fsp3) is 0.167. The van der Waals surface area contributed by atoms with E-state index in [-0.39, 0.29) is 6.54 Å². The van der Waals surface area contributed by atoms with E-state index < -0.39 is 0 Å². The molecule has 2 aromatic carbocycles. The van der Waals surface area contributed by atoms with Crippen LogP contribution in [0, 0.1) is 11.3 Å². The van der Waals surface area contributed by atoms with Crippen molar-refractivity contribution in [2.75, 3.05) is 11.4 Å². The van der Waals surface area contributed by atoms with Gasteiger partial charge in [0.15, 0.2) is 5.65 Å². The Hall–Kier alpha value is -4.58. The molecule has 0 atom stereocenters. The molecule has 3 aromatic heterocycles. The number of aryl methyl sites for hydroxylation is 1. The Morgan fingerprint density at radius 2 is 1.88 bits per heavy atom. The van der Waals surface area contributed by atoms with Crippen molar-refractivity contribution in [3.8, 4) is 28.6 Å². The molecule has 33 heavy (non-hydrogen) atoms. The summed E-state index contributed by atoms with van der Waals surface area (Å²) in [5.41, 5.74) is 5.82. The Labute approximate surface area is 190 Å². The molecular weight excluding hydrogens is 414 g/mol. The van der Waals surface area contributed by atoms with Gasteiger partial charge in [-0.2, -0.15) is 20.1 Å². The number of fused-ring (bicyclic) bond motifs is 1. The summed E-state index contributed by atoms with van der Waals surface area (Å²) >= 11 is 0. The normalized spacial score (nSPS) is 10.9. The third-order valence-electron chi connectivity index (χ3n) is 5.49. The predicted molar refractivity (Wildman–Crippen MR) is 124 cm³/mol. The summed E-state index contributed by atoms with van der Waals surface area (Å²) in [7, 11) is 0. The number of tetrazole rings is 1. The third kappa shape index (κ3) is 4.02. The zero-order valence-electron chi connectivity index (χ0n) is 18.0. The number of rotatable bonds is 7. The molecule has 0 unspecified atom stereocenters. The molecule has 0 saturated carbocycles. The first kappa shape index (κ1) is 20.3. The largest absolute Gasteiger partial charge is 0.339 e. The highest BCUT2D eigenvalue weighted by atomic mass is 15.5. The zero-order chi connectivity index (χ0) is 22.6. The molecular formula is C24H21N9. The molecule has 0 spiro atoms. The minimum Gasteiger partial charge on any atom is -0.339 e. The van der Waals surface area contributed by atoms with Crippen molar-refractivity contribution in [3.63, 3.8) is 0 Å². The maximum absolute atomic E-state index is 9.48. The summed E-state index contributed by atoms with van der Waals surface area (Å²) in [6, 6.07) is 22.4. The predicted octanol–water partition coefficient (Wildman–Crippen LogP) is 3.67. The SMILES string of the molecule is CCc1cc(N(CC#N)Cc2ccc(-c3ccccc3-c3nn[nH]n3)cc2)n2nccc2n1. The number of nitriles is 1. The van der Waals surface area contributed by atoms with E-state index in [1.807, 2.05) is 41.3 Å². The fourth-order valence-corrected chi connectivity index (χ4v) is 3.87. The van der Waals surface area contributed by atoms with Crippen LogP contribution in [0.5, 0.6) is 0 Å². The van der Waals surface area contributed by atoms with E-state index in [9.17, 15) is 5.26 Å². The van der Waals surface area contributed by atoms with Crippen LogP contribution in [0.3, 0.4) is 0 Å². The van der Waals surface area contributed by atoms with E-state index >= 15 is 0 Å². The monoisotopic (exact) mass is 435 g/mol. The third-order valence-corrected chi connectivity index (χ3v) is 5.49. The second-order valence-electron chi connectivity index (χ2n) is 7.55. The highest BCUT2D eigenvalue weighted by Gasteiger charge is 2.15. The van der Waals surface area contributed by atoms with Crippen LogP contribution in [0.2, 0.25) is 0 Å². The highest BCUT2D eigenvalue weighted by Crippen LogP contribution is 2.30. The van der Waals surface area contributed by atoms with Gasteiger partial charge in [-0.1, -0.05) is 55.5 Å². The van der Waals surface area contributed by atoms with Gasteiger partial charge in [0.1, 0.15) is 12.4 Å². The van der Waals surface area contributed by atoms with Crippen LogP contribution in [-0.4, -0.2) is 41.8 Å². The van der Waals surface area contributed by atoms with Gasteiger partial charge in [-0.25, -0.2) is 4.98 Å². The lowest BCUT2D eigenvalue weighted by Gasteiger charge is -2.23. The van der Waals surface area contributed by atoms with Gasteiger partial charge in [-0.3, -0.25) is 0 Å². The van der Waals surface area contributed by atoms with Crippen molar-refractivity contribution in [2.24, 2.45) is 0 Å². The van der Waals surface area contributed by atoms with Crippen LogP contribution in [-0.2, 0) is 13.0 Å². The smallest absolute Gasteiger partial charge is 0.205 e. The van der Waals surface area contributed by atoms with Crippen LogP contribution in [0.4, 0.5) is 5.82 Å². The summed E-state index contributed by atoms with van der Waals surface area (Å²) in [6.45, 7) is 2.88. The van der Waals surface area contributed by atoms with Crippen LogP contribution >= 0.6 is 0 Å². The molecule has 0 aliphatic carbocycles. The number of hydrogen-bond acceptors (Lipinski definition) is 7. The number of hydrogen-bond donors (Lipinski definition) is 1. The zero-order valence-corrected chi connectivity index (χ0v) is 18.0. The van der Waals surface area contributed by atoms with Gasteiger partial charge < -0.3 is 4.90 Å². The Morgan fingerprint density at radius 1 is 1.06 bits per heavy atom. The minimum atomic E-state index is 0.241. The Kier molecular flexibility index (Phi) is 5.47. The van der Waals surface area contributed by atoms with Gasteiger partial charge >= 0.3 is 0 Å². The van der Waals surface area contributed by atoms with Gasteiger partial charge in [-0.15, -0.1) is 10.2 Å². The number of aromatic nitrogens is 7. The summed E-state index contributed by atoms with van der Waals surface area (Å²) < 4.78 is 1.78. The van der Waals surface area contributed by atoms with Crippen LogP contribution in [0.25, 0.3) is 28.2 Å². The molecule has 0 amide bonds. The summed E-state index contributed by atoms with van der Waals surface area (Å²) in [4.78, 5) is 6.63. The number of nitrogens with zero attached hydrogens (tertiary/aromatic N) is 8. The van der Waals surface area contributed by atoms with Crippen molar-refractivity contribution in [3.05, 3.63) is 78.1 Å². The van der Waals surface area contributed by atoms with E-state index in [0.717, 1.165) is 45.8 Å². The molecule has 9 heteroatoms. The Morgan fingerprint density at radius 3 is 2.61 bits per heavy atom. The Bertz CT molecular complexity index is 1410. The molecule has 5 rings (SSSR count). The van der Waals surface area contributed by atoms with Crippen LogP contribution in [0.1, 0.15) is 18.2 Å². The highest BCUT2D eigenvalue weighted by molar-refractivity contribution is 5.80. The molecule has 0 aliphatic rings. The van der Waals surface area contributed by atoms with E-state index in [1.165, 1.54) is 0 Å². The first-order valence-electron chi connectivity index (χ1n) is 10.6. The quantitative estimate of drug-likeness (QED) is 0.388. The lowest BCUT2D eigenvalue weighted by atomic mass is 9.98. The van der Waals surface area contributed by atoms with Crippen LogP contribution < -0.4 is 4.90 Å². The average Bonchev–Trinajstić information content (AvgIpc) is 3.56. The number of benzene rings is 2. The molecule has 0 fully saturated rings. The molecule has 0 aliphatic heterocycles. The van der Waals surface area contributed by atoms with Crippen molar-refractivity contribution in [2.45, 2.75) is 19.9 Å². The van der Waals surface area contributed by atoms with Gasteiger partial charge in [0.25, 0.3) is 0 Å². The van der Waals surface area contributed by atoms with Gasteiger partial charge in [-0.05, 0) is 28.3 Å². The number of H-pyrrole nitrogens is 1. The second-order valence-corrected chi connectivity index (χ2v) is 7.55. The summed E-state index contributed by atoms with van der Waals surface area (Å²) in [5, 5.41) is 28.3.